The van der Waals surface area contributed by atoms with Crippen LogP contribution in [0.1, 0.15) is 5.56 Å². The van der Waals surface area contributed by atoms with Gasteiger partial charge in [-0.25, -0.2) is 9.37 Å². The molecule has 0 spiro atoms. The van der Waals surface area contributed by atoms with Crippen LogP contribution in [0.15, 0.2) is 35.7 Å². The van der Waals surface area contributed by atoms with Gasteiger partial charge in [-0.05, 0) is 24.6 Å². The van der Waals surface area contributed by atoms with Crippen LogP contribution in [0.4, 0.5) is 10.1 Å². The summed E-state index contributed by atoms with van der Waals surface area (Å²) in [6, 6.07) is 3.90. The van der Waals surface area contributed by atoms with Crippen LogP contribution in [0, 0.1) is 12.7 Å². The van der Waals surface area contributed by atoms with E-state index in [1.54, 1.807) is 6.92 Å². The van der Waals surface area contributed by atoms with Gasteiger partial charge >= 0.3 is 0 Å². The van der Waals surface area contributed by atoms with Crippen molar-refractivity contribution < 1.29 is 12.8 Å². The van der Waals surface area contributed by atoms with Gasteiger partial charge in [0.2, 0.25) is 0 Å². The molecule has 0 aliphatic carbocycles. The molecule has 1 aromatic heterocycles. The number of hydrogen-bond donors (Lipinski definition) is 2. The second-order valence-electron chi connectivity index (χ2n) is 3.48. The molecule has 2 aromatic rings. The van der Waals surface area contributed by atoms with Gasteiger partial charge in [-0.2, -0.15) is 8.42 Å². The van der Waals surface area contributed by atoms with Crippen molar-refractivity contribution in [2.75, 3.05) is 4.72 Å². The minimum Gasteiger partial charge on any atom is -0.334 e. The number of aromatic amines is 1. The predicted octanol–water partition coefficient (Wildman–Crippen LogP) is 1.66. The fourth-order valence-electron chi connectivity index (χ4n) is 1.29. The molecule has 0 saturated carbocycles. The second kappa shape index (κ2) is 4.17. The van der Waals surface area contributed by atoms with Crippen LogP contribution in [0.2, 0.25) is 0 Å². The fraction of sp³-hybridized carbons (Fsp3) is 0.100. The molecular formula is C10H10FN3O2S. The minimum atomic E-state index is -3.74. The Kier molecular flexibility index (Phi) is 2.84. The normalized spacial score (nSPS) is 11.4. The van der Waals surface area contributed by atoms with E-state index in [2.05, 4.69) is 14.7 Å². The van der Waals surface area contributed by atoms with Gasteiger partial charge in [0.25, 0.3) is 10.0 Å². The van der Waals surface area contributed by atoms with E-state index in [1.165, 1.54) is 24.7 Å². The van der Waals surface area contributed by atoms with E-state index in [9.17, 15) is 12.8 Å². The van der Waals surface area contributed by atoms with Crippen molar-refractivity contribution in [3.05, 3.63) is 42.1 Å². The molecule has 0 aliphatic heterocycles. The van der Waals surface area contributed by atoms with Crippen LogP contribution in [-0.4, -0.2) is 18.4 Å². The van der Waals surface area contributed by atoms with Crippen LogP contribution in [0.5, 0.6) is 0 Å². The number of aryl methyl sites for hydroxylation is 1. The summed E-state index contributed by atoms with van der Waals surface area (Å²) in [5.74, 6) is -0.502. The highest BCUT2D eigenvalue weighted by molar-refractivity contribution is 7.92. The molecule has 0 unspecified atom stereocenters. The van der Waals surface area contributed by atoms with E-state index in [1.807, 2.05) is 0 Å². The first kappa shape index (κ1) is 11.6. The highest BCUT2D eigenvalue weighted by Crippen LogP contribution is 2.19. The zero-order chi connectivity index (χ0) is 12.5. The number of rotatable bonds is 3. The lowest BCUT2D eigenvalue weighted by molar-refractivity contribution is 0.598. The highest BCUT2D eigenvalue weighted by Gasteiger charge is 2.16. The number of aromatic nitrogens is 2. The Bertz CT molecular complexity index is 623. The largest absolute Gasteiger partial charge is 0.334 e. The molecule has 0 saturated heterocycles. The predicted molar refractivity (Wildman–Crippen MR) is 60.5 cm³/mol. The number of H-pyrrole nitrogens is 1. The Morgan fingerprint density at radius 2 is 2.18 bits per heavy atom. The molecule has 17 heavy (non-hydrogen) atoms. The number of sulfonamides is 1. The van der Waals surface area contributed by atoms with E-state index < -0.39 is 15.8 Å². The quantitative estimate of drug-likeness (QED) is 0.875. The summed E-state index contributed by atoms with van der Waals surface area (Å²) in [6.45, 7) is 1.68. The average Bonchev–Trinajstić information content (AvgIpc) is 2.77. The van der Waals surface area contributed by atoms with Crippen LogP contribution < -0.4 is 4.72 Å². The molecule has 5 nitrogen and oxygen atoms in total. The topological polar surface area (TPSA) is 74.8 Å². The smallest absolute Gasteiger partial charge is 0.278 e. The van der Waals surface area contributed by atoms with E-state index in [4.69, 9.17) is 0 Å². The zero-order valence-corrected chi connectivity index (χ0v) is 9.75. The second-order valence-corrected chi connectivity index (χ2v) is 5.13. The molecular weight excluding hydrogens is 245 g/mol. The first-order valence-corrected chi connectivity index (χ1v) is 6.25. The fourth-order valence-corrected chi connectivity index (χ4v) is 2.32. The Morgan fingerprint density at radius 3 is 2.82 bits per heavy atom. The van der Waals surface area contributed by atoms with Crippen molar-refractivity contribution in [1.82, 2.24) is 9.97 Å². The molecule has 2 rings (SSSR count). The summed E-state index contributed by atoms with van der Waals surface area (Å²) in [5.41, 5.74) is 0.842. The van der Waals surface area contributed by atoms with Crippen molar-refractivity contribution in [2.45, 2.75) is 11.9 Å². The molecule has 1 aromatic carbocycles. The van der Waals surface area contributed by atoms with E-state index in [0.29, 0.717) is 5.56 Å². The van der Waals surface area contributed by atoms with Crippen molar-refractivity contribution in [3.63, 3.8) is 0 Å². The molecule has 0 radical (unpaired) electrons. The molecule has 2 N–H and O–H groups in total. The lowest BCUT2D eigenvalue weighted by Crippen LogP contribution is -2.14. The summed E-state index contributed by atoms with van der Waals surface area (Å²) in [7, 11) is -3.74. The maximum Gasteiger partial charge on any atom is 0.278 e. The number of nitrogens with zero attached hydrogens (tertiary/aromatic N) is 1. The monoisotopic (exact) mass is 255 g/mol. The number of imidazole rings is 1. The number of anilines is 1. The van der Waals surface area contributed by atoms with Gasteiger partial charge in [0, 0.05) is 0 Å². The lowest BCUT2D eigenvalue weighted by Gasteiger charge is -2.08. The first-order valence-electron chi connectivity index (χ1n) is 4.76. The SMILES string of the molecule is Cc1ccc(F)cc1NS(=O)(=O)c1cnc[nH]1. The molecule has 0 bridgehead atoms. The maximum absolute atomic E-state index is 13.0. The maximum atomic E-state index is 13.0. The van der Waals surface area contributed by atoms with Crippen molar-refractivity contribution >= 4 is 15.7 Å². The number of hydrogen-bond acceptors (Lipinski definition) is 3. The molecule has 0 fully saturated rings. The number of nitrogens with one attached hydrogen (secondary N) is 2. The molecule has 0 atom stereocenters. The Balaban J connectivity index is 2.36. The molecule has 7 heteroatoms. The summed E-state index contributed by atoms with van der Waals surface area (Å²) in [4.78, 5) is 6.10. The van der Waals surface area contributed by atoms with Crippen LogP contribution in [-0.2, 0) is 10.0 Å². The number of halogens is 1. The van der Waals surface area contributed by atoms with Gasteiger partial charge in [0.15, 0.2) is 5.03 Å². The summed E-state index contributed by atoms with van der Waals surface area (Å²) in [5, 5.41) is -0.0684. The standard InChI is InChI=1S/C10H10FN3O2S/c1-7-2-3-8(11)4-9(7)14-17(15,16)10-5-12-6-13-10/h2-6,14H,1H3,(H,12,13). The highest BCUT2D eigenvalue weighted by atomic mass is 32.2. The van der Waals surface area contributed by atoms with E-state index in [-0.39, 0.29) is 10.7 Å². The Morgan fingerprint density at radius 1 is 1.41 bits per heavy atom. The van der Waals surface area contributed by atoms with Gasteiger partial charge in [-0.3, -0.25) is 4.72 Å². The first-order chi connectivity index (χ1) is 7.99. The van der Waals surface area contributed by atoms with Gasteiger partial charge < -0.3 is 4.98 Å². The third kappa shape index (κ3) is 2.44. The van der Waals surface area contributed by atoms with Gasteiger partial charge in [-0.1, -0.05) is 6.07 Å². The Hall–Kier alpha value is -1.89. The zero-order valence-electron chi connectivity index (χ0n) is 8.94. The molecule has 0 amide bonds. The third-order valence-electron chi connectivity index (χ3n) is 2.21. The third-order valence-corrected chi connectivity index (χ3v) is 3.50. The molecule has 90 valence electrons. The van der Waals surface area contributed by atoms with Crippen molar-refractivity contribution in [2.24, 2.45) is 0 Å². The van der Waals surface area contributed by atoms with E-state index in [0.717, 1.165) is 6.07 Å². The minimum absolute atomic E-state index is 0.0684. The van der Waals surface area contributed by atoms with Gasteiger partial charge in [0.1, 0.15) is 5.82 Å². The molecule has 0 aliphatic rings. The van der Waals surface area contributed by atoms with Crippen LogP contribution in [0.3, 0.4) is 0 Å². The average molecular weight is 255 g/mol. The van der Waals surface area contributed by atoms with E-state index >= 15 is 0 Å². The summed E-state index contributed by atoms with van der Waals surface area (Å²) in [6.07, 6.45) is 2.43. The van der Waals surface area contributed by atoms with Gasteiger partial charge in [0.05, 0.1) is 18.2 Å². The van der Waals surface area contributed by atoms with Crippen molar-refractivity contribution in [3.8, 4) is 0 Å². The van der Waals surface area contributed by atoms with Crippen LogP contribution >= 0.6 is 0 Å². The Labute approximate surface area is 97.8 Å². The van der Waals surface area contributed by atoms with Gasteiger partial charge in [-0.15, -0.1) is 0 Å². The van der Waals surface area contributed by atoms with Crippen molar-refractivity contribution in [1.29, 1.82) is 0 Å². The summed E-state index contributed by atoms with van der Waals surface area (Å²) < 4.78 is 38.9. The summed E-state index contributed by atoms with van der Waals surface area (Å²) >= 11 is 0. The number of benzene rings is 1. The lowest BCUT2D eigenvalue weighted by atomic mass is 10.2. The van der Waals surface area contributed by atoms with Crippen LogP contribution in [0.25, 0.3) is 0 Å². The molecule has 1 heterocycles.